The van der Waals surface area contributed by atoms with Crippen LogP contribution in [0.4, 0.5) is 0 Å². The van der Waals surface area contributed by atoms with Crippen LogP contribution in [0, 0.1) is 0 Å². The summed E-state index contributed by atoms with van der Waals surface area (Å²) in [6.07, 6.45) is 0. The van der Waals surface area contributed by atoms with Crippen LogP contribution in [0.25, 0.3) is 10.1 Å². The number of benzene rings is 1. The lowest BCUT2D eigenvalue weighted by molar-refractivity contribution is 0.0946. The predicted molar refractivity (Wildman–Crippen MR) is 99.9 cm³/mol. The van der Waals surface area contributed by atoms with Gasteiger partial charge in [-0.15, -0.1) is 22.7 Å². The lowest BCUT2D eigenvalue weighted by Crippen LogP contribution is -2.34. The molecule has 2 heterocycles. The minimum absolute atomic E-state index is 0.0757. The molecule has 0 aliphatic carbocycles. The number of likely N-dealkylation sites (N-methyl/N-ethyl adjacent to an activating group) is 1. The van der Waals surface area contributed by atoms with E-state index in [1.165, 1.54) is 27.0 Å². The Labute approximate surface area is 148 Å². The molecule has 0 fully saturated rings. The van der Waals surface area contributed by atoms with Crippen LogP contribution in [-0.2, 0) is 0 Å². The van der Waals surface area contributed by atoms with Crippen LogP contribution in [0.5, 0.6) is 0 Å². The second-order valence-electron chi connectivity index (χ2n) is 5.48. The van der Waals surface area contributed by atoms with Gasteiger partial charge in [-0.25, -0.2) is 0 Å². The summed E-state index contributed by atoms with van der Waals surface area (Å²) in [7, 11) is 4.07. The largest absolute Gasteiger partial charge is 0.349 e. The average Bonchev–Trinajstić information content (AvgIpc) is 3.14. The Kier molecular flexibility index (Phi) is 5.02. The third-order valence-electron chi connectivity index (χ3n) is 3.75. The minimum atomic E-state index is -0.0757. The van der Waals surface area contributed by atoms with Crippen LogP contribution in [0.1, 0.15) is 21.3 Å². The second kappa shape index (κ2) is 7.01. The van der Waals surface area contributed by atoms with Gasteiger partial charge in [0, 0.05) is 11.2 Å². The fraction of sp³-hybridized carbons (Fsp3) is 0.235. The van der Waals surface area contributed by atoms with E-state index in [1.54, 1.807) is 23.5 Å². The molecule has 1 N–H and O–H groups in total. The molecule has 0 aliphatic heterocycles. The van der Waals surface area contributed by atoms with Gasteiger partial charge in [0.05, 0.1) is 15.3 Å². The van der Waals surface area contributed by atoms with Crippen molar-refractivity contribution < 1.29 is 4.79 Å². The first-order chi connectivity index (χ1) is 11.1. The van der Waals surface area contributed by atoms with Crippen LogP contribution in [0.2, 0.25) is 4.34 Å². The molecular formula is C17H17ClN2OS2. The second-order valence-corrected chi connectivity index (χ2v) is 8.11. The normalized spacial score (nSPS) is 12.7. The number of carbonyl (C=O) groups excluding carboxylic acids is 1. The molecule has 0 saturated carbocycles. The van der Waals surface area contributed by atoms with Crippen molar-refractivity contribution in [3.05, 3.63) is 56.6 Å². The first-order valence-electron chi connectivity index (χ1n) is 7.22. The van der Waals surface area contributed by atoms with E-state index >= 15 is 0 Å². The van der Waals surface area contributed by atoms with Crippen molar-refractivity contribution in [1.29, 1.82) is 0 Å². The van der Waals surface area contributed by atoms with Gasteiger partial charge in [0.15, 0.2) is 0 Å². The van der Waals surface area contributed by atoms with E-state index < -0.39 is 0 Å². The summed E-state index contributed by atoms with van der Waals surface area (Å²) in [5, 5.41) is 6.46. The summed E-state index contributed by atoms with van der Waals surface area (Å²) >= 11 is 8.93. The quantitative estimate of drug-likeness (QED) is 0.714. The van der Waals surface area contributed by atoms with E-state index in [-0.39, 0.29) is 11.9 Å². The van der Waals surface area contributed by atoms with E-state index in [1.807, 2.05) is 14.1 Å². The van der Waals surface area contributed by atoms with Gasteiger partial charge in [0.1, 0.15) is 0 Å². The molecule has 6 heteroatoms. The van der Waals surface area contributed by atoms with Gasteiger partial charge in [-0.2, -0.15) is 0 Å². The number of carbonyl (C=O) groups is 1. The smallest absolute Gasteiger partial charge is 0.261 e. The third-order valence-corrected chi connectivity index (χ3v) is 5.96. The van der Waals surface area contributed by atoms with E-state index in [2.05, 4.69) is 39.9 Å². The summed E-state index contributed by atoms with van der Waals surface area (Å²) in [4.78, 5) is 15.0. The van der Waals surface area contributed by atoms with Gasteiger partial charge in [0.25, 0.3) is 5.91 Å². The Morgan fingerprint density at radius 3 is 2.74 bits per heavy atom. The molecule has 23 heavy (non-hydrogen) atoms. The highest BCUT2D eigenvalue weighted by Gasteiger charge is 2.19. The molecule has 1 amide bonds. The van der Waals surface area contributed by atoms with E-state index in [4.69, 9.17) is 11.6 Å². The maximum Gasteiger partial charge on any atom is 0.261 e. The van der Waals surface area contributed by atoms with Crippen molar-refractivity contribution in [3.63, 3.8) is 0 Å². The number of rotatable bonds is 5. The molecule has 120 valence electrons. The fourth-order valence-electron chi connectivity index (χ4n) is 2.54. The number of hydrogen-bond donors (Lipinski definition) is 1. The van der Waals surface area contributed by atoms with E-state index in [0.717, 1.165) is 0 Å². The summed E-state index contributed by atoms with van der Waals surface area (Å²) in [5.74, 6) is -0.0757. The first-order valence-corrected chi connectivity index (χ1v) is 9.30. The van der Waals surface area contributed by atoms with Gasteiger partial charge in [-0.05, 0) is 48.6 Å². The van der Waals surface area contributed by atoms with Crippen molar-refractivity contribution in [2.24, 2.45) is 0 Å². The lowest BCUT2D eigenvalue weighted by atomic mass is 10.0. The third kappa shape index (κ3) is 3.58. The monoisotopic (exact) mass is 364 g/mol. The SMILES string of the molecule is CN(C)[C@H](CNC(=O)c1ccc(Cl)s1)c1csc2ccccc12. The zero-order chi connectivity index (χ0) is 16.4. The van der Waals surface area contributed by atoms with Crippen molar-refractivity contribution >= 4 is 50.3 Å². The van der Waals surface area contributed by atoms with Gasteiger partial charge in [0.2, 0.25) is 0 Å². The summed E-state index contributed by atoms with van der Waals surface area (Å²) in [5.41, 5.74) is 1.25. The number of hydrogen-bond acceptors (Lipinski definition) is 4. The summed E-state index contributed by atoms with van der Waals surface area (Å²) < 4.78 is 1.90. The molecular weight excluding hydrogens is 348 g/mol. The zero-order valence-electron chi connectivity index (χ0n) is 12.9. The first kappa shape index (κ1) is 16.5. The van der Waals surface area contributed by atoms with Crippen LogP contribution >= 0.6 is 34.3 Å². The summed E-state index contributed by atoms with van der Waals surface area (Å²) in [6, 6.07) is 12.0. The van der Waals surface area contributed by atoms with Crippen molar-refractivity contribution in [3.8, 4) is 0 Å². The van der Waals surface area contributed by atoms with Crippen LogP contribution in [-0.4, -0.2) is 31.4 Å². The number of thiophene rings is 2. The van der Waals surface area contributed by atoms with Crippen LogP contribution in [0.15, 0.2) is 41.8 Å². The lowest BCUT2D eigenvalue weighted by Gasteiger charge is -2.24. The van der Waals surface area contributed by atoms with Crippen LogP contribution < -0.4 is 5.32 Å². The fourth-order valence-corrected chi connectivity index (χ4v) is 4.51. The molecule has 2 aromatic heterocycles. The number of nitrogens with one attached hydrogen (secondary N) is 1. The van der Waals surface area contributed by atoms with Crippen molar-refractivity contribution in [2.75, 3.05) is 20.6 Å². The molecule has 0 bridgehead atoms. The van der Waals surface area contributed by atoms with Crippen LogP contribution in [0.3, 0.4) is 0 Å². The highest BCUT2D eigenvalue weighted by atomic mass is 35.5. The van der Waals surface area contributed by atoms with E-state index in [9.17, 15) is 4.79 Å². The van der Waals surface area contributed by atoms with Gasteiger partial charge < -0.3 is 10.2 Å². The number of halogens is 1. The Morgan fingerprint density at radius 1 is 1.26 bits per heavy atom. The molecule has 0 saturated heterocycles. The minimum Gasteiger partial charge on any atom is -0.349 e. The number of fused-ring (bicyclic) bond motifs is 1. The summed E-state index contributed by atoms with van der Waals surface area (Å²) in [6.45, 7) is 0.558. The van der Waals surface area contributed by atoms with Gasteiger partial charge >= 0.3 is 0 Å². The number of amides is 1. The van der Waals surface area contributed by atoms with Gasteiger partial charge in [-0.1, -0.05) is 29.8 Å². The Balaban J connectivity index is 1.78. The molecule has 1 aromatic carbocycles. The molecule has 0 unspecified atom stereocenters. The molecule has 3 aromatic rings. The molecule has 3 nitrogen and oxygen atoms in total. The van der Waals surface area contributed by atoms with Crippen molar-refractivity contribution in [1.82, 2.24) is 10.2 Å². The molecule has 0 spiro atoms. The van der Waals surface area contributed by atoms with E-state index in [0.29, 0.717) is 15.8 Å². The Hall–Kier alpha value is -1.40. The maximum atomic E-state index is 12.2. The van der Waals surface area contributed by atoms with Crippen molar-refractivity contribution in [2.45, 2.75) is 6.04 Å². The average molecular weight is 365 g/mol. The Bertz CT molecular complexity index is 825. The van der Waals surface area contributed by atoms with Gasteiger partial charge in [-0.3, -0.25) is 4.79 Å². The maximum absolute atomic E-state index is 12.2. The molecule has 1 atom stereocenters. The highest BCUT2D eigenvalue weighted by molar-refractivity contribution is 7.18. The molecule has 3 rings (SSSR count). The topological polar surface area (TPSA) is 32.3 Å². The Morgan fingerprint density at radius 2 is 2.04 bits per heavy atom. The molecule has 0 radical (unpaired) electrons. The molecule has 0 aliphatic rings. The highest BCUT2D eigenvalue weighted by Crippen LogP contribution is 2.32. The zero-order valence-corrected chi connectivity index (χ0v) is 15.3. The standard InChI is InChI=1S/C17H17ClN2OS2/c1-20(2)13(9-19-17(21)15-7-8-16(18)23-15)12-10-22-14-6-4-3-5-11(12)14/h3-8,10,13H,9H2,1-2H3,(H,19,21)/t13-/m1/s1. The predicted octanol–water partition coefficient (Wildman–Crippen LogP) is 4.65. The number of nitrogens with zero attached hydrogens (tertiary/aromatic N) is 1.